The molecule has 0 saturated carbocycles. The third kappa shape index (κ3) is 5.97. The predicted molar refractivity (Wildman–Crippen MR) is 118 cm³/mol. The van der Waals surface area contributed by atoms with Crippen LogP contribution in [0.3, 0.4) is 0 Å². The number of anilines is 2. The van der Waals surface area contributed by atoms with E-state index in [0.29, 0.717) is 25.2 Å². The fourth-order valence-electron chi connectivity index (χ4n) is 3.16. The standard InChI is InChI=1S/C23H26N2O4S/c1-18-6-10-21(11-7-18)25(17-22-5-3-15-29-22)14-4-16-30(27,28)23-12-8-20(9-13-23)24-19(2)26/h3,5-13,15H,4,14,16-17H2,1-2H3,(H,24,26). The summed E-state index contributed by atoms with van der Waals surface area (Å²) in [5, 5.41) is 2.64. The van der Waals surface area contributed by atoms with Gasteiger partial charge in [-0.15, -0.1) is 0 Å². The highest BCUT2D eigenvalue weighted by molar-refractivity contribution is 7.91. The highest BCUT2D eigenvalue weighted by Crippen LogP contribution is 2.20. The number of hydrogen-bond donors (Lipinski definition) is 1. The Bertz CT molecular complexity index is 1060. The Balaban J connectivity index is 1.65. The summed E-state index contributed by atoms with van der Waals surface area (Å²) in [4.78, 5) is 13.5. The smallest absolute Gasteiger partial charge is 0.221 e. The molecule has 0 aliphatic rings. The lowest BCUT2D eigenvalue weighted by Gasteiger charge is -2.24. The molecule has 6 nitrogen and oxygen atoms in total. The van der Waals surface area contributed by atoms with Crippen molar-refractivity contribution in [2.75, 3.05) is 22.5 Å². The molecule has 2 aromatic carbocycles. The Labute approximate surface area is 177 Å². The van der Waals surface area contributed by atoms with Crippen molar-refractivity contribution in [2.45, 2.75) is 31.7 Å². The highest BCUT2D eigenvalue weighted by Gasteiger charge is 2.16. The normalized spacial score (nSPS) is 11.3. The molecule has 0 radical (unpaired) electrons. The van der Waals surface area contributed by atoms with Crippen LogP contribution in [0.1, 0.15) is 24.7 Å². The van der Waals surface area contributed by atoms with Gasteiger partial charge in [0.2, 0.25) is 5.91 Å². The van der Waals surface area contributed by atoms with Gasteiger partial charge in [0.1, 0.15) is 5.76 Å². The monoisotopic (exact) mass is 426 g/mol. The average Bonchev–Trinajstić information content (AvgIpc) is 3.21. The van der Waals surface area contributed by atoms with E-state index in [-0.39, 0.29) is 16.6 Å². The number of hydrogen-bond acceptors (Lipinski definition) is 5. The van der Waals surface area contributed by atoms with Crippen LogP contribution in [0.4, 0.5) is 11.4 Å². The Morgan fingerprint density at radius 3 is 2.33 bits per heavy atom. The van der Waals surface area contributed by atoms with E-state index in [1.807, 2.05) is 43.3 Å². The zero-order valence-corrected chi connectivity index (χ0v) is 18.0. The largest absolute Gasteiger partial charge is 0.467 e. The zero-order chi connectivity index (χ0) is 21.6. The summed E-state index contributed by atoms with van der Waals surface area (Å²) in [6, 6.07) is 18.2. The first-order valence-electron chi connectivity index (χ1n) is 9.78. The Morgan fingerprint density at radius 2 is 1.73 bits per heavy atom. The van der Waals surface area contributed by atoms with Gasteiger partial charge in [0.05, 0.1) is 23.5 Å². The van der Waals surface area contributed by atoms with Crippen molar-refractivity contribution in [2.24, 2.45) is 0 Å². The molecular formula is C23H26N2O4S. The van der Waals surface area contributed by atoms with Gasteiger partial charge >= 0.3 is 0 Å². The van der Waals surface area contributed by atoms with Crippen LogP contribution >= 0.6 is 0 Å². The second-order valence-corrected chi connectivity index (χ2v) is 9.32. The molecule has 0 unspecified atom stereocenters. The topological polar surface area (TPSA) is 79.6 Å². The number of nitrogens with one attached hydrogen (secondary N) is 1. The second-order valence-electron chi connectivity index (χ2n) is 7.21. The van der Waals surface area contributed by atoms with Crippen LogP contribution in [0.5, 0.6) is 0 Å². The molecule has 1 aromatic heterocycles. The third-order valence-electron chi connectivity index (χ3n) is 4.70. The van der Waals surface area contributed by atoms with E-state index in [2.05, 4.69) is 10.2 Å². The van der Waals surface area contributed by atoms with Gasteiger partial charge in [0.25, 0.3) is 0 Å². The minimum absolute atomic E-state index is 0.0347. The van der Waals surface area contributed by atoms with Crippen molar-refractivity contribution in [3.8, 4) is 0 Å². The van der Waals surface area contributed by atoms with E-state index < -0.39 is 9.84 Å². The van der Waals surface area contributed by atoms with Crippen LogP contribution in [0, 0.1) is 6.92 Å². The van der Waals surface area contributed by atoms with Crippen LogP contribution in [0.25, 0.3) is 0 Å². The number of nitrogens with zero attached hydrogens (tertiary/aromatic N) is 1. The van der Waals surface area contributed by atoms with Crippen LogP contribution in [-0.4, -0.2) is 26.6 Å². The van der Waals surface area contributed by atoms with Crippen molar-refractivity contribution < 1.29 is 17.6 Å². The van der Waals surface area contributed by atoms with Crippen LogP contribution < -0.4 is 10.2 Å². The number of aryl methyl sites for hydroxylation is 1. The second kappa shape index (κ2) is 9.63. The maximum absolute atomic E-state index is 12.7. The van der Waals surface area contributed by atoms with Gasteiger partial charge in [-0.1, -0.05) is 17.7 Å². The SMILES string of the molecule is CC(=O)Nc1ccc(S(=O)(=O)CCCN(Cc2ccco2)c2ccc(C)cc2)cc1. The molecule has 0 aliphatic carbocycles. The summed E-state index contributed by atoms with van der Waals surface area (Å²) >= 11 is 0. The highest BCUT2D eigenvalue weighted by atomic mass is 32.2. The van der Waals surface area contributed by atoms with Crippen molar-refractivity contribution >= 4 is 27.1 Å². The minimum Gasteiger partial charge on any atom is -0.467 e. The summed E-state index contributed by atoms with van der Waals surface area (Å²) in [7, 11) is -3.41. The maximum atomic E-state index is 12.7. The third-order valence-corrected chi connectivity index (χ3v) is 6.52. The molecule has 7 heteroatoms. The van der Waals surface area contributed by atoms with Gasteiger partial charge in [-0.3, -0.25) is 4.79 Å². The molecule has 0 atom stereocenters. The van der Waals surface area contributed by atoms with Crippen LogP contribution in [0.15, 0.2) is 76.2 Å². The number of carbonyl (C=O) groups excluding carboxylic acids is 1. The van der Waals surface area contributed by atoms with Crippen molar-refractivity contribution in [1.29, 1.82) is 0 Å². The summed E-state index contributed by atoms with van der Waals surface area (Å²) in [5.41, 5.74) is 2.77. The van der Waals surface area contributed by atoms with Crippen molar-refractivity contribution in [3.63, 3.8) is 0 Å². The number of carbonyl (C=O) groups is 1. The fraction of sp³-hybridized carbons (Fsp3) is 0.261. The molecule has 0 saturated heterocycles. The Hall–Kier alpha value is -3.06. The zero-order valence-electron chi connectivity index (χ0n) is 17.2. The summed E-state index contributed by atoms with van der Waals surface area (Å²) < 4.78 is 30.9. The lowest BCUT2D eigenvalue weighted by molar-refractivity contribution is -0.114. The molecule has 0 spiro atoms. The van der Waals surface area contributed by atoms with Gasteiger partial charge in [0, 0.05) is 24.8 Å². The van der Waals surface area contributed by atoms with Gasteiger partial charge in [-0.25, -0.2) is 8.42 Å². The maximum Gasteiger partial charge on any atom is 0.221 e. The molecular weight excluding hydrogens is 400 g/mol. The molecule has 30 heavy (non-hydrogen) atoms. The number of rotatable bonds is 9. The van der Waals surface area contributed by atoms with Crippen LogP contribution in [0.2, 0.25) is 0 Å². The van der Waals surface area contributed by atoms with Gasteiger partial charge in [0.15, 0.2) is 9.84 Å². The first kappa shape index (κ1) is 21.6. The molecule has 158 valence electrons. The van der Waals surface area contributed by atoms with E-state index >= 15 is 0 Å². The molecule has 0 aliphatic heterocycles. The summed E-state index contributed by atoms with van der Waals surface area (Å²) in [6.07, 6.45) is 2.11. The summed E-state index contributed by atoms with van der Waals surface area (Å²) in [6.45, 7) is 4.59. The van der Waals surface area contributed by atoms with Crippen LogP contribution in [-0.2, 0) is 21.2 Å². The predicted octanol–water partition coefficient (Wildman–Crippen LogP) is 4.42. The molecule has 3 aromatic rings. The van der Waals surface area contributed by atoms with E-state index in [1.54, 1.807) is 18.4 Å². The average molecular weight is 427 g/mol. The molecule has 1 N–H and O–H groups in total. The molecule has 1 amide bonds. The Kier molecular flexibility index (Phi) is 6.95. The minimum atomic E-state index is -3.41. The van der Waals surface area contributed by atoms with E-state index in [0.717, 1.165) is 11.4 Å². The number of benzene rings is 2. The molecule has 0 fully saturated rings. The van der Waals surface area contributed by atoms with Gasteiger partial charge in [-0.05, 0) is 61.9 Å². The lowest BCUT2D eigenvalue weighted by Crippen LogP contribution is -2.25. The Morgan fingerprint density at radius 1 is 1.03 bits per heavy atom. The quantitative estimate of drug-likeness (QED) is 0.548. The number of sulfone groups is 1. The van der Waals surface area contributed by atoms with Crippen molar-refractivity contribution in [3.05, 3.63) is 78.3 Å². The molecule has 0 bridgehead atoms. The molecule has 3 rings (SSSR count). The first-order valence-corrected chi connectivity index (χ1v) is 11.4. The van der Waals surface area contributed by atoms with Gasteiger partial charge in [-0.2, -0.15) is 0 Å². The first-order chi connectivity index (χ1) is 14.3. The lowest BCUT2D eigenvalue weighted by atomic mass is 10.2. The van der Waals surface area contributed by atoms with E-state index in [1.165, 1.54) is 24.6 Å². The molecule has 1 heterocycles. The number of amides is 1. The fourth-order valence-corrected chi connectivity index (χ4v) is 4.45. The number of furan rings is 1. The van der Waals surface area contributed by atoms with Gasteiger partial charge < -0.3 is 14.6 Å². The van der Waals surface area contributed by atoms with E-state index in [4.69, 9.17) is 4.42 Å². The van der Waals surface area contributed by atoms with Crippen molar-refractivity contribution in [1.82, 2.24) is 0 Å². The summed E-state index contributed by atoms with van der Waals surface area (Å²) in [5.74, 6) is 0.665. The van der Waals surface area contributed by atoms with E-state index in [9.17, 15) is 13.2 Å².